The Morgan fingerprint density at radius 2 is 2.00 bits per heavy atom. The molecule has 0 aliphatic carbocycles. The van der Waals surface area contributed by atoms with E-state index in [4.69, 9.17) is 14.9 Å². The van der Waals surface area contributed by atoms with E-state index in [9.17, 15) is 0 Å². The second-order valence-electron chi connectivity index (χ2n) is 2.14. The van der Waals surface area contributed by atoms with Crippen molar-refractivity contribution in [2.45, 2.75) is 0 Å². The molecule has 1 aromatic carbocycles. The Morgan fingerprint density at radius 1 is 1.25 bits per heavy atom. The summed E-state index contributed by atoms with van der Waals surface area (Å²) >= 11 is 0. The number of rotatable bonds is 0. The van der Waals surface area contributed by atoms with Gasteiger partial charge in [0.05, 0.1) is 6.07 Å². The number of benzene rings is 1. The molecule has 2 rings (SSSR count). The van der Waals surface area contributed by atoms with Crippen molar-refractivity contribution in [3.63, 3.8) is 0 Å². The molecule has 0 unspecified atom stereocenters. The van der Waals surface area contributed by atoms with Crippen LogP contribution in [0.4, 0.5) is 5.69 Å². The highest BCUT2D eigenvalue weighted by Crippen LogP contribution is 2.34. The summed E-state index contributed by atoms with van der Waals surface area (Å²) in [6.45, 7) is 0.240. The Balaban J connectivity index is 0.000000720. The minimum atomic E-state index is 0. The summed E-state index contributed by atoms with van der Waals surface area (Å²) in [5.41, 5.74) is 0.467. The zero-order chi connectivity index (χ0) is 7.68. The summed E-state index contributed by atoms with van der Waals surface area (Å²) in [7, 11) is 0. The van der Waals surface area contributed by atoms with Crippen LogP contribution in [0.15, 0.2) is 18.2 Å². The maximum absolute atomic E-state index is 8.40. The number of nitrogens with zero attached hydrogens (tertiary/aromatic N) is 2. The topological polar surface area (TPSA) is 46.6 Å². The monoisotopic (exact) mass is 184 g/mol. The number of halogens is 1. The van der Waals surface area contributed by atoms with Gasteiger partial charge in [0.2, 0.25) is 12.2 Å². The molecule has 4 nitrogen and oxygen atoms in total. The highest BCUT2D eigenvalue weighted by Gasteiger charge is 2.17. The van der Waals surface area contributed by atoms with Gasteiger partial charge in [0.15, 0.2) is 16.5 Å². The zero-order valence-electron chi connectivity index (χ0n) is 6.03. The Hall–Kier alpha value is -1.47. The smallest absolute Gasteiger partial charge is 0.389 e. The molecule has 62 valence electrons. The van der Waals surface area contributed by atoms with Gasteiger partial charge in [-0.1, -0.05) is 0 Å². The lowest BCUT2D eigenvalue weighted by Gasteiger charge is -1.88. The van der Waals surface area contributed by atoms with Gasteiger partial charge in [0.1, 0.15) is 0 Å². The maximum atomic E-state index is 8.40. The maximum Gasteiger partial charge on any atom is 0.389 e. The van der Waals surface area contributed by atoms with Gasteiger partial charge in [0, 0.05) is 6.07 Å². The molecule has 0 saturated carbocycles. The fourth-order valence-electron chi connectivity index (χ4n) is 0.947. The van der Waals surface area contributed by atoms with Gasteiger partial charge in [-0.05, 0) is 6.07 Å². The summed E-state index contributed by atoms with van der Waals surface area (Å²) in [5, 5.41) is 8.40. The number of hydrogen-bond donors (Lipinski definition) is 0. The molecule has 12 heavy (non-hydrogen) atoms. The molecule has 0 aromatic heterocycles. The molecule has 1 heterocycles. The van der Waals surface area contributed by atoms with Crippen molar-refractivity contribution >= 4 is 5.69 Å². The van der Waals surface area contributed by atoms with Crippen molar-refractivity contribution < 1.29 is 21.9 Å². The molecule has 1 aliphatic heterocycles. The number of diazo groups is 1. The lowest BCUT2D eigenvalue weighted by molar-refractivity contribution is -0.00000399. The minimum Gasteiger partial charge on any atom is -1.00 e. The Kier molecular flexibility index (Phi) is 2.36. The molecule has 0 radical (unpaired) electrons. The first-order valence-corrected chi connectivity index (χ1v) is 3.15. The molecule has 5 heteroatoms. The Morgan fingerprint density at radius 3 is 2.75 bits per heavy atom. The van der Waals surface area contributed by atoms with Crippen LogP contribution in [0, 0.1) is 5.39 Å². The second-order valence-corrected chi connectivity index (χ2v) is 2.14. The first-order chi connectivity index (χ1) is 5.40. The van der Waals surface area contributed by atoms with Crippen LogP contribution < -0.4 is 21.9 Å². The SMILES string of the molecule is N#[N+]c1ccc2c(c1)OCO2.[Cl-]. The predicted octanol–water partition coefficient (Wildman–Crippen LogP) is -1.10. The van der Waals surface area contributed by atoms with Crippen molar-refractivity contribution in [1.82, 2.24) is 0 Å². The first-order valence-electron chi connectivity index (χ1n) is 3.15. The van der Waals surface area contributed by atoms with Gasteiger partial charge in [-0.15, -0.1) is 0 Å². The normalized spacial score (nSPS) is 11.6. The average molecular weight is 185 g/mol. The fraction of sp³-hybridized carbons (Fsp3) is 0.143. The molecule has 0 fully saturated rings. The van der Waals surface area contributed by atoms with Gasteiger partial charge in [-0.3, -0.25) is 0 Å². The highest BCUT2D eigenvalue weighted by molar-refractivity contribution is 5.55. The number of hydrogen-bond acceptors (Lipinski definition) is 3. The van der Waals surface area contributed by atoms with Gasteiger partial charge >= 0.3 is 5.69 Å². The highest BCUT2D eigenvalue weighted by atomic mass is 35.5. The molecule has 0 atom stereocenters. The molecule has 0 spiro atoms. The van der Waals surface area contributed by atoms with Gasteiger partial charge in [-0.2, -0.15) is 0 Å². The first kappa shape index (κ1) is 8.62. The van der Waals surface area contributed by atoms with E-state index in [1.54, 1.807) is 18.2 Å². The van der Waals surface area contributed by atoms with Crippen LogP contribution >= 0.6 is 0 Å². The Labute approximate surface area is 75.1 Å². The summed E-state index contributed by atoms with van der Waals surface area (Å²) < 4.78 is 10.1. The van der Waals surface area contributed by atoms with Crippen LogP contribution in [0.1, 0.15) is 0 Å². The largest absolute Gasteiger partial charge is 1.00 e. The molecule has 0 amide bonds. The molecule has 1 aliphatic rings. The standard InChI is InChI=1S/C7H5N2O2.ClH/c8-9-5-1-2-6-7(3-5)11-4-10-6;/h1-3H,4H2;1H/q+1;/p-1. The van der Waals surface area contributed by atoms with E-state index in [0.29, 0.717) is 17.2 Å². The lowest BCUT2D eigenvalue weighted by atomic mass is 10.3. The molecular formula is C7H5ClN2O2. The van der Waals surface area contributed by atoms with Gasteiger partial charge < -0.3 is 21.9 Å². The summed E-state index contributed by atoms with van der Waals surface area (Å²) in [6.07, 6.45) is 0. The number of ether oxygens (including phenoxy) is 2. The quantitative estimate of drug-likeness (QED) is 0.481. The van der Waals surface area contributed by atoms with Crippen LogP contribution in [-0.4, -0.2) is 6.79 Å². The van der Waals surface area contributed by atoms with Crippen molar-refractivity contribution in [2.75, 3.05) is 6.79 Å². The van der Waals surface area contributed by atoms with Crippen molar-refractivity contribution in [1.29, 1.82) is 5.39 Å². The van der Waals surface area contributed by atoms with E-state index in [1.165, 1.54) is 0 Å². The summed E-state index contributed by atoms with van der Waals surface area (Å²) in [6, 6.07) is 4.97. The second kappa shape index (κ2) is 3.28. The molecule has 0 saturated heterocycles. The van der Waals surface area contributed by atoms with Crippen molar-refractivity contribution in [3.05, 3.63) is 23.2 Å². The van der Waals surface area contributed by atoms with E-state index >= 15 is 0 Å². The molecule has 0 N–H and O–H groups in total. The predicted molar refractivity (Wildman–Crippen MR) is 37.3 cm³/mol. The third-order valence-electron chi connectivity index (χ3n) is 1.47. The lowest BCUT2D eigenvalue weighted by Crippen LogP contribution is -3.00. The van der Waals surface area contributed by atoms with Crippen LogP contribution in [0.25, 0.3) is 4.98 Å². The van der Waals surface area contributed by atoms with Crippen LogP contribution in [0.3, 0.4) is 0 Å². The van der Waals surface area contributed by atoms with Crippen molar-refractivity contribution in [2.24, 2.45) is 0 Å². The average Bonchev–Trinajstić information content (AvgIpc) is 2.50. The third kappa shape index (κ3) is 1.27. The van der Waals surface area contributed by atoms with Gasteiger partial charge in [-0.25, -0.2) is 0 Å². The summed E-state index contributed by atoms with van der Waals surface area (Å²) in [5.74, 6) is 1.32. The minimum absolute atomic E-state index is 0. The molecular weight excluding hydrogens is 180 g/mol. The third-order valence-corrected chi connectivity index (χ3v) is 1.47. The van der Waals surface area contributed by atoms with E-state index in [1.807, 2.05) is 0 Å². The molecule has 0 bridgehead atoms. The zero-order valence-corrected chi connectivity index (χ0v) is 6.78. The van der Waals surface area contributed by atoms with Crippen LogP contribution in [0.5, 0.6) is 11.5 Å². The van der Waals surface area contributed by atoms with Crippen LogP contribution in [-0.2, 0) is 0 Å². The van der Waals surface area contributed by atoms with E-state index in [2.05, 4.69) is 4.98 Å². The Bertz CT molecular complexity index is 335. The van der Waals surface area contributed by atoms with E-state index < -0.39 is 0 Å². The fourth-order valence-corrected chi connectivity index (χ4v) is 0.947. The van der Waals surface area contributed by atoms with E-state index in [-0.39, 0.29) is 19.2 Å². The number of fused-ring (bicyclic) bond motifs is 1. The van der Waals surface area contributed by atoms with Crippen LogP contribution in [0.2, 0.25) is 0 Å². The van der Waals surface area contributed by atoms with Gasteiger partial charge in [0.25, 0.3) is 0 Å². The van der Waals surface area contributed by atoms with E-state index in [0.717, 1.165) is 0 Å². The summed E-state index contributed by atoms with van der Waals surface area (Å²) in [4.78, 5) is 3.01. The molecule has 1 aromatic rings. The van der Waals surface area contributed by atoms with Crippen molar-refractivity contribution in [3.8, 4) is 11.5 Å².